The van der Waals surface area contributed by atoms with Gasteiger partial charge in [0.25, 0.3) is 11.5 Å². The molecule has 1 N–H and O–H groups in total. The molecule has 0 fully saturated rings. The SMILES string of the molecule is CCCn1c(C(=O)NCC)cc2cc(F)c(F)cc2c1=O. The quantitative estimate of drug-likeness (QED) is 0.941. The van der Waals surface area contributed by atoms with Crippen LogP contribution in [0.1, 0.15) is 30.8 Å². The molecule has 6 heteroatoms. The molecule has 0 bridgehead atoms. The number of rotatable bonds is 4. The van der Waals surface area contributed by atoms with Crippen LogP contribution >= 0.6 is 0 Å². The molecule has 0 aliphatic carbocycles. The summed E-state index contributed by atoms with van der Waals surface area (Å²) >= 11 is 0. The van der Waals surface area contributed by atoms with E-state index in [0.29, 0.717) is 19.5 Å². The molecule has 1 heterocycles. The van der Waals surface area contributed by atoms with Crippen molar-refractivity contribution in [2.24, 2.45) is 0 Å². The second-order valence-corrected chi connectivity index (χ2v) is 4.70. The fourth-order valence-electron chi connectivity index (χ4n) is 2.23. The molecule has 0 aliphatic rings. The second kappa shape index (κ2) is 6.03. The molecular formula is C15H16F2N2O2. The zero-order chi connectivity index (χ0) is 15.6. The molecule has 2 aromatic rings. The highest BCUT2D eigenvalue weighted by Crippen LogP contribution is 2.17. The third-order valence-corrected chi connectivity index (χ3v) is 3.17. The first-order valence-electron chi connectivity index (χ1n) is 6.80. The summed E-state index contributed by atoms with van der Waals surface area (Å²) in [6, 6.07) is 3.23. The Hall–Kier alpha value is -2.24. The van der Waals surface area contributed by atoms with Crippen molar-refractivity contribution in [3.8, 4) is 0 Å². The molecule has 0 unspecified atom stereocenters. The van der Waals surface area contributed by atoms with E-state index in [9.17, 15) is 18.4 Å². The number of benzene rings is 1. The van der Waals surface area contributed by atoms with Crippen LogP contribution in [-0.4, -0.2) is 17.0 Å². The highest BCUT2D eigenvalue weighted by atomic mass is 19.2. The van der Waals surface area contributed by atoms with Gasteiger partial charge in [-0.15, -0.1) is 0 Å². The van der Waals surface area contributed by atoms with Gasteiger partial charge in [0.05, 0.1) is 5.39 Å². The molecule has 112 valence electrons. The van der Waals surface area contributed by atoms with E-state index in [-0.39, 0.29) is 16.5 Å². The summed E-state index contributed by atoms with van der Waals surface area (Å²) in [5, 5.41) is 2.89. The maximum atomic E-state index is 13.3. The molecule has 0 atom stereocenters. The Morgan fingerprint density at radius 1 is 1.19 bits per heavy atom. The van der Waals surface area contributed by atoms with Gasteiger partial charge in [0, 0.05) is 13.1 Å². The van der Waals surface area contributed by atoms with Gasteiger partial charge in [0.1, 0.15) is 5.69 Å². The highest BCUT2D eigenvalue weighted by Gasteiger charge is 2.16. The number of hydrogen-bond acceptors (Lipinski definition) is 2. The van der Waals surface area contributed by atoms with Crippen LogP contribution in [0.4, 0.5) is 8.78 Å². The molecule has 1 aromatic heterocycles. The van der Waals surface area contributed by atoms with E-state index in [1.54, 1.807) is 6.92 Å². The zero-order valence-electron chi connectivity index (χ0n) is 11.9. The van der Waals surface area contributed by atoms with Gasteiger partial charge in [-0.25, -0.2) is 8.78 Å². The molecular weight excluding hydrogens is 278 g/mol. The van der Waals surface area contributed by atoms with Crippen molar-refractivity contribution >= 4 is 16.7 Å². The lowest BCUT2D eigenvalue weighted by molar-refractivity contribution is 0.0945. The van der Waals surface area contributed by atoms with Crippen LogP contribution in [0.5, 0.6) is 0 Å². The highest BCUT2D eigenvalue weighted by molar-refractivity contribution is 5.96. The summed E-state index contributed by atoms with van der Waals surface area (Å²) in [6.07, 6.45) is 0.640. The largest absolute Gasteiger partial charge is 0.351 e. The van der Waals surface area contributed by atoms with E-state index < -0.39 is 23.1 Å². The van der Waals surface area contributed by atoms with Gasteiger partial charge in [-0.2, -0.15) is 0 Å². The van der Waals surface area contributed by atoms with Crippen molar-refractivity contribution in [1.29, 1.82) is 0 Å². The van der Waals surface area contributed by atoms with E-state index in [1.165, 1.54) is 10.6 Å². The second-order valence-electron chi connectivity index (χ2n) is 4.70. The summed E-state index contributed by atoms with van der Waals surface area (Å²) in [7, 11) is 0. The van der Waals surface area contributed by atoms with Crippen LogP contribution in [0.3, 0.4) is 0 Å². The number of nitrogens with zero attached hydrogens (tertiary/aromatic N) is 1. The molecule has 0 saturated heterocycles. The first-order valence-corrected chi connectivity index (χ1v) is 6.80. The van der Waals surface area contributed by atoms with Crippen molar-refractivity contribution in [1.82, 2.24) is 9.88 Å². The van der Waals surface area contributed by atoms with E-state index >= 15 is 0 Å². The maximum Gasteiger partial charge on any atom is 0.268 e. The van der Waals surface area contributed by atoms with Gasteiger partial charge >= 0.3 is 0 Å². The first kappa shape index (κ1) is 15.2. The summed E-state index contributed by atoms with van der Waals surface area (Å²) in [4.78, 5) is 24.5. The number of carbonyl (C=O) groups excluding carboxylic acids is 1. The van der Waals surface area contributed by atoms with Crippen LogP contribution < -0.4 is 10.9 Å². The predicted octanol–water partition coefficient (Wildman–Crippen LogP) is 2.44. The smallest absolute Gasteiger partial charge is 0.268 e. The molecule has 1 amide bonds. The molecule has 21 heavy (non-hydrogen) atoms. The van der Waals surface area contributed by atoms with Crippen molar-refractivity contribution in [3.05, 3.63) is 45.9 Å². The van der Waals surface area contributed by atoms with Crippen LogP contribution in [0.15, 0.2) is 23.0 Å². The number of amides is 1. The average Bonchev–Trinajstić information content (AvgIpc) is 2.44. The Morgan fingerprint density at radius 3 is 2.48 bits per heavy atom. The minimum Gasteiger partial charge on any atom is -0.351 e. The van der Waals surface area contributed by atoms with E-state index in [4.69, 9.17) is 0 Å². The number of carbonyl (C=O) groups is 1. The number of halogens is 2. The van der Waals surface area contributed by atoms with Crippen molar-refractivity contribution in [3.63, 3.8) is 0 Å². The van der Waals surface area contributed by atoms with Gasteiger partial charge < -0.3 is 9.88 Å². The number of aromatic nitrogens is 1. The number of fused-ring (bicyclic) bond motifs is 1. The Bertz CT molecular complexity index is 753. The summed E-state index contributed by atoms with van der Waals surface area (Å²) in [6.45, 7) is 4.37. The average molecular weight is 294 g/mol. The number of pyridine rings is 1. The Labute approximate surface area is 120 Å². The molecule has 0 saturated carbocycles. The Kier molecular flexibility index (Phi) is 4.35. The summed E-state index contributed by atoms with van der Waals surface area (Å²) < 4.78 is 27.9. The molecule has 0 spiro atoms. The molecule has 2 rings (SSSR count). The van der Waals surface area contributed by atoms with Crippen LogP contribution in [-0.2, 0) is 6.54 Å². The van der Waals surface area contributed by atoms with Crippen molar-refractivity contribution in [2.45, 2.75) is 26.8 Å². The molecule has 0 aliphatic heterocycles. The fraction of sp³-hybridized carbons (Fsp3) is 0.333. The molecule has 1 aromatic carbocycles. The number of hydrogen-bond donors (Lipinski definition) is 1. The van der Waals surface area contributed by atoms with Gasteiger partial charge in [-0.05, 0) is 36.9 Å². The van der Waals surface area contributed by atoms with Crippen LogP contribution in [0, 0.1) is 11.6 Å². The predicted molar refractivity (Wildman–Crippen MR) is 76.4 cm³/mol. The zero-order valence-corrected chi connectivity index (χ0v) is 11.9. The maximum absolute atomic E-state index is 13.3. The monoisotopic (exact) mass is 294 g/mol. The summed E-state index contributed by atoms with van der Waals surface area (Å²) in [5.41, 5.74) is -0.336. The molecule has 0 radical (unpaired) electrons. The first-order chi connectivity index (χ1) is 9.99. The normalized spacial score (nSPS) is 10.9. The lowest BCUT2D eigenvalue weighted by Gasteiger charge is -2.13. The Morgan fingerprint density at radius 2 is 1.86 bits per heavy atom. The van der Waals surface area contributed by atoms with E-state index in [1.807, 2.05) is 6.92 Å². The Balaban J connectivity index is 2.78. The topological polar surface area (TPSA) is 51.1 Å². The van der Waals surface area contributed by atoms with Crippen molar-refractivity contribution < 1.29 is 13.6 Å². The van der Waals surface area contributed by atoms with Crippen molar-refractivity contribution in [2.75, 3.05) is 6.54 Å². The van der Waals surface area contributed by atoms with Gasteiger partial charge in [-0.3, -0.25) is 9.59 Å². The number of nitrogens with one attached hydrogen (secondary N) is 1. The van der Waals surface area contributed by atoms with Crippen LogP contribution in [0.25, 0.3) is 10.8 Å². The minimum atomic E-state index is -1.08. The lowest BCUT2D eigenvalue weighted by Crippen LogP contribution is -2.32. The van der Waals surface area contributed by atoms with Gasteiger partial charge in [0.2, 0.25) is 0 Å². The van der Waals surface area contributed by atoms with Gasteiger partial charge in [0.15, 0.2) is 11.6 Å². The minimum absolute atomic E-state index is 0.0652. The van der Waals surface area contributed by atoms with E-state index in [0.717, 1.165) is 12.1 Å². The lowest BCUT2D eigenvalue weighted by atomic mass is 10.1. The third kappa shape index (κ3) is 2.79. The van der Waals surface area contributed by atoms with Gasteiger partial charge in [-0.1, -0.05) is 6.92 Å². The van der Waals surface area contributed by atoms with Crippen LogP contribution in [0.2, 0.25) is 0 Å². The molecule has 4 nitrogen and oxygen atoms in total. The third-order valence-electron chi connectivity index (χ3n) is 3.17. The van der Waals surface area contributed by atoms with E-state index in [2.05, 4.69) is 5.32 Å². The fourth-order valence-corrected chi connectivity index (χ4v) is 2.23. The summed E-state index contributed by atoms with van der Waals surface area (Å²) in [5.74, 6) is -2.53. The standard InChI is InChI=1S/C15H16F2N2O2/c1-3-5-19-13(14(20)18-4-2)7-9-6-11(16)12(17)8-10(9)15(19)21/h6-8H,3-5H2,1-2H3,(H,18,20).